The summed E-state index contributed by atoms with van der Waals surface area (Å²) in [6.45, 7) is 10.6. The number of anilines is 1. The Kier molecular flexibility index (Phi) is 10.4. The first-order valence-corrected chi connectivity index (χ1v) is 10.4. The Bertz CT molecular complexity index is 770. The summed E-state index contributed by atoms with van der Waals surface area (Å²) in [6.07, 6.45) is 0. The van der Waals surface area contributed by atoms with Gasteiger partial charge < -0.3 is 19.7 Å². The summed E-state index contributed by atoms with van der Waals surface area (Å²) >= 11 is 6.01. The first kappa shape index (κ1) is 23.9. The molecule has 1 N–H and O–H groups in total. The number of ether oxygens (including phenoxy) is 2. The van der Waals surface area contributed by atoms with Crippen molar-refractivity contribution < 1.29 is 14.4 Å². The van der Waals surface area contributed by atoms with Gasteiger partial charge in [0.2, 0.25) is 5.28 Å². The molecule has 0 atom stereocenters. The molecule has 30 heavy (non-hydrogen) atoms. The van der Waals surface area contributed by atoms with Crippen molar-refractivity contribution in [3.05, 3.63) is 45.7 Å². The third-order valence-corrected chi connectivity index (χ3v) is 4.41. The number of benzene rings is 1. The van der Waals surface area contributed by atoms with Crippen LogP contribution in [-0.2, 0) is 9.47 Å². The third-order valence-electron chi connectivity index (χ3n) is 4.24. The molecule has 4 rings (SSSR count). The van der Waals surface area contributed by atoms with Crippen LogP contribution in [0.1, 0.15) is 13.8 Å². The van der Waals surface area contributed by atoms with E-state index in [2.05, 4.69) is 20.2 Å². The topological polar surface area (TPSA) is 103 Å². The molecule has 0 bridgehead atoms. The van der Waals surface area contributed by atoms with E-state index in [1.165, 1.54) is 12.1 Å². The largest absolute Gasteiger partial charge is 0.379 e. The molecule has 0 unspecified atom stereocenters. The molecule has 10 heteroatoms. The first-order valence-electron chi connectivity index (χ1n) is 10.0. The summed E-state index contributed by atoms with van der Waals surface area (Å²) in [6, 6.07) is 8.03. The Morgan fingerprint density at radius 3 is 2.13 bits per heavy atom. The van der Waals surface area contributed by atoms with Crippen LogP contribution < -0.4 is 10.2 Å². The number of nitro groups is 1. The number of nitrogens with one attached hydrogen (secondary N) is 1. The molecule has 2 aliphatic rings. The number of morpholine rings is 2. The van der Waals surface area contributed by atoms with E-state index in [0.717, 1.165) is 50.8 Å². The second-order valence-electron chi connectivity index (χ2n) is 6.15. The molecule has 9 nitrogen and oxygen atoms in total. The van der Waals surface area contributed by atoms with Crippen molar-refractivity contribution >= 4 is 23.1 Å². The molecular formula is C20H28ClN5O4. The van der Waals surface area contributed by atoms with Crippen LogP contribution in [0.25, 0.3) is 11.3 Å². The third kappa shape index (κ3) is 7.49. The summed E-state index contributed by atoms with van der Waals surface area (Å²) in [7, 11) is 0. The van der Waals surface area contributed by atoms with Crippen LogP contribution >= 0.6 is 11.6 Å². The minimum atomic E-state index is -0.435. The Morgan fingerprint density at radius 1 is 1.03 bits per heavy atom. The lowest BCUT2D eigenvalue weighted by molar-refractivity contribution is -0.384. The molecule has 2 fully saturated rings. The normalized spacial score (nSPS) is 15.9. The lowest BCUT2D eigenvalue weighted by atomic mass is 10.1. The second kappa shape index (κ2) is 13.1. The fourth-order valence-corrected chi connectivity index (χ4v) is 2.96. The van der Waals surface area contributed by atoms with Gasteiger partial charge in [-0.1, -0.05) is 13.8 Å². The predicted octanol–water partition coefficient (Wildman–Crippen LogP) is 3.17. The average molecular weight is 438 g/mol. The standard InChI is InChI=1S/C14H13ClN4O3.C4H9NO.C2H6/c15-14-16-12(10-1-3-11(4-2-10)19(20)21)9-13(17-14)18-5-7-22-8-6-18;1-3-6-4-2-5-1;1-2/h1-4,9H,5-8H2;5H,1-4H2;1-2H3. The number of hydrogen-bond donors (Lipinski definition) is 1. The molecule has 1 aromatic carbocycles. The molecule has 0 radical (unpaired) electrons. The van der Waals surface area contributed by atoms with Gasteiger partial charge in [-0.2, -0.15) is 0 Å². The average Bonchev–Trinajstić information content (AvgIpc) is 2.82. The highest BCUT2D eigenvalue weighted by Gasteiger charge is 2.15. The fraction of sp³-hybridized carbons (Fsp3) is 0.500. The van der Waals surface area contributed by atoms with Gasteiger partial charge in [-0.15, -0.1) is 0 Å². The van der Waals surface area contributed by atoms with Crippen molar-refractivity contribution in [2.24, 2.45) is 0 Å². The van der Waals surface area contributed by atoms with Crippen molar-refractivity contribution in [3.63, 3.8) is 0 Å². The van der Waals surface area contributed by atoms with E-state index < -0.39 is 4.92 Å². The zero-order chi connectivity index (χ0) is 21.8. The molecule has 2 aliphatic heterocycles. The summed E-state index contributed by atoms with van der Waals surface area (Å²) in [5, 5.41) is 14.0. The predicted molar refractivity (Wildman–Crippen MR) is 117 cm³/mol. The van der Waals surface area contributed by atoms with Gasteiger partial charge in [0.15, 0.2) is 0 Å². The van der Waals surface area contributed by atoms with Crippen molar-refractivity contribution in [1.82, 2.24) is 15.3 Å². The Morgan fingerprint density at radius 2 is 1.63 bits per heavy atom. The number of hydrogen-bond acceptors (Lipinski definition) is 8. The van der Waals surface area contributed by atoms with E-state index in [0.29, 0.717) is 18.9 Å². The minimum absolute atomic E-state index is 0.0392. The molecule has 0 saturated carbocycles. The molecule has 2 aromatic rings. The number of nitro benzene ring substituents is 1. The van der Waals surface area contributed by atoms with Gasteiger partial charge in [0, 0.05) is 49.9 Å². The van der Waals surface area contributed by atoms with E-state index >= 15 is 0 Å². The lowest BCUT2D eigenvalue weighted by Gasteiger charge is -2.28. The minimum Gasteiger partial charge on any atom is -0.379 e. The molecule has 3 heterocycles. The molecule has 2 saturated heterocycles. The lowest BCUT2D eigenvalue weighted by Crippen LogP contribution is -2.36. The van der Waals surface area contributed by atoms with Crippen molar-refractivity contribution in [3.8, 4) is 11.3 Å². The summed E-state index contributed by atoms with van der Waals surface area (Å²) in [4.78, 5) is 20.8. The SMILES string of the molecule is C1COCCN1.CC.O=[N+]([O-])c1ccc(-c2cc(N3CCOCC3)nc(Cl)n2)cc1. The molecule has 0 amide bonds. The quantitative estimate of drug-likeness (QED) is 0.443. The first-order chi connectivity index (χ1) is 14.6. The number of non-ortho nitro benzene ring substituents is 1. The monoisotopic (exact) mass is 437 g/mol. The second-order valence-corrected chi connectivity index (χ2v) is 6.48. The van der Waals surface area contributed by atoms with E-state index in [4.69, 9.17) is 21.1 Å². The molecular weight excluding hydrogens is 410 g/mol. The van der Waals surface area contributed by atoms with Gasteiger partial charge in [-0.3, -0.25) is 10.1 Å². The number of halogens is 1. The summed E-state index contributed by atoms with van der Waals surface area (Å²) in [5.41, 5.74) is 1.43. The van der Waals surface area contributed by atoms with Crippen molar-refractivity contribution in [1.29, 1.82) is 0 Å². The van der Waals surface area contributed by atoms with Gasteiger partial charge in [-0.25, -0.2) is 9.97 Å². The van der Waals surface area contributed by atoms with E-state index in [1.807, 2.05) is 19.9 Å². The van der Waals surface area contributed by atoms with E-state index in [1.54, 1.807) is 12.1 Å². The highest BCUT2D eigenvalue weighted by molar-refractivity contribution is 6.28. The van der Waals surface area contributed by atoms with Crippen LogP contribution in [0.3, 0.4) is 0 Å². The Labute approximate surface area is 181 Å². The number of rotatable bonds is 3. The molecule has 0 aliphatic carbocycles. The fourth-order valence-electron chi connectivity index (χ4n) is 2.78. The maximum Gasteiger partial charge on any atom is 0.269 e. The molecule has 0 spiro atoms. The van der Waals surface area contributed by atoms with Gasteiger partial charge in [0.1, 0.15) is 5.82 Å². The van der Waals surface area contributed by atoms with Crippen molar-refractivity contribution in [2.75, 3.05) is 57.5 Å². The van der Waals surface area contributed by atoms with E-state index in [-0.39, 0.29) is 11.0 Å². The zero-order valence-corrected chi connectivity index (χ0v) is 18.1. The molecule has 164 valence electrons. The summed E-state index contributed by atoms with van der Waals surface area (Å²) < 4.78 is 10.3. The van der Waals surface area contributed by atoms with Crippen LogP contribution in [0.4, 0.5) is 11.5 Å². The highest BCUT2D eigenvalue weighted by atomic mass is 35.5. The zero-order valence-electron chi connectivity index (χ0n) is 17.3. The number of nitrogens with zero attached hydrogens (tertiary/aromatic N) is 4. The molecule has 1 aromatic heterocycles. The maximum atomic E-state index is 10.7. The van der Waals surface area contributed by atoms with Crippen LogP contribution in [0.2, 0.25) is 5.28 Å². The van der Waals surface area contributed by atoms with Gasteiger partial charge in [0.05, 0.1) is 37.0 Å². The van der Waals surface area contributed by atoms with Gasteiger partial charge in [-0.05, 0) is 23.7 Å². The number of aromatic nitrogens is 2. The van der Waals surface area contributed by atoms with Crippen LogP contribution in [0, 0.1) is 10.1 Å². The highest BCUT2D eigenvalue weighted by Crippen LogP contribution is 2.25. The van der Waals surface area contributed by atoms with Crippen LogP contribution in [-0.4, -0.2) is 67.5 Å². The Hall–Kier alpha value is -2.33. The van der Waals surface area contributed by atoms with Gasteiger partial charge in [0.25, 0.3) is 5.69 Å². The Balaban J connectivity index is 0.000000340. The maximum absolute atomic E-state index is 10.7. The van der Waals surface area contributed by atoms with Gasteiger partial charge >= 0.3 is 0 Å². The summed E-state index contributed by atoms with van der Waals surface area (Å²) in [5.74, 6) is 0.733. The van der Waals surface area contributed by atoms with Crippen molar-refractivity contribution in [2.45, 2.75) is 13.8 Å². The van der Waals surface area contributed by atoms with Crippen LogP contribution in [0.5, 0.6) is 0 Å². The van der Waals surface area contributed by atoms with Crippen LogP contribution in [0.15, 0.2) is 30.3 Å². The van der Waals surface area contributed by atoms with E-state index in [9.17, 15) is 10.1 Å². The smallest absolute Gasteiger partial charge is 0.269 e.